The lowest BCUT2D eigenvalue weighted by Gasteiger charge is -2.12. The van der Waals surface area contributed by atoms with Gasteiger partial charge in [-0.25, -0.2) is 0 Å². The molecule has 4 nitrogen and oxygen atoms in total. The maximum atomic E-state index is 12.1. The number of nitrogens with one attached hydrogen (secondary N) is 1. The van der Waals surface area contributed by atoms with E-state index in [4.69, 9.17) is 9.47 Å². The van der Waals surface area contributed by atoms with Gasteiger partial charge in [-0.15, -0.1) is 0 Å². The predicted octanol–water partition coefficient (Wildman–Crippen LogP) is 2.08. The Morgan fingerprint density at radius 1 is 1.28 bits per heavy atom. The molecule has 1 aromatic rings. The first kappa shape index (κ1) is 14.5. The Morgan fingerprint density at radius 2 is 2.00 bits per heavy atom. The second-order valence-electron chi connectivity index (χ2n) is 4.26. The van der Waals surface area contributed by atoms with Crippen LogP contribution in [0.1, 0.15) is 27.9 Å². The van der Waals surface area contributed by atoms with E-state index >= 15 is 0 Å². The van der Waals surface area contributed by atoms with Gasteiger partial charge in [-0.05, 0) is 37.5 Å². The van der Waals surface area contributed by atoms with Crippen molar-refractivity contribution in [3.8, 4) is 5.75 Å². The molecule has 0 aliphatic heterocycles. The van der Waals surface area contributed by atoms with Crippen molar-refractivity contribution >= 4 is 5.91 Å². The van der Waals surface area contributed by atoms with Crippen LogP contribution in [0.5, 0.6) is 5.75 Å². The summed E-state index contributed by atoms with van der Waals surface area (Å²) in [5, 5.41) is 2.86. The molecule has 0 bridgehead atoms. The Morgan fingerprint density at radius 3 is 2.61 bits per heavy atom. The number of benzene rings is 1. The van der Waals surface area contributed by atoms with Crippen LogP contribution in [-0.2, 0) is 4.74 Å². The topological polar surface area (TPSA) is 47.6 Å². The van der Waals surface area contributed by atoms with E-state index < -0.39 is 0 Å². The molecule has 1 rings (SSSR count). The Kier molecular flexibility index (Phi) is 5.65. The van der Waals surface area contributed by atoms with Crippen LogP contribution >= 0.6 is 0 Å². The quantitative estimate of drug-likeness (QED) is 0.787. The molecule has 1 amide bonds. The lowest BCUT2D eigenvalue weighted by molar-refractivity contribution is 0.0945. The van der Waals surface area contributed by atoms with Crippen molar-refractivity contribution in [1.82, 2.24) is 5.32 Å². The molecule has 0 aliphatic rings. The van der Waals surface area contributed by atoms with Crippen molar-refractivity contribution in [2.75, 3.05) is 27.4 Å². The second kappa shape index (κ2) is 7.01. The van der Waals surface area contributed by atoms with Crippen LogP contribution in [0.25, 0.3) is 0 Å². The first-order valence-corrected chi connectivity index (χ1v) is 6.02. The number of methoxy groups -OCH3 is 2. The Labute approximate surface area is 108 Å². The molecule has 1 N–H and O–H groups in total. The molecule has 0 saturated carbocycles. The van der Waals surface area contributed by atoms with Crippen LogP contribution < -0.4 is 10.1 Å². The van der Waals surface area contributed by atoms with Crippen molar-refractivity contribution in [2.45, 2.75) is 20.3 Å². The number of ether oxygens (including phenoxy) is 2. The van der Waals surface area contributed by atoms with Gasteiger partial charge >= 0.3 is 0 Å². The minimum absolute atomic E-state index is 0.102. The molecule has 4 heteroatoms. The highest BCUT2D eigenvalue weighted by Gasteiger charge is 2.14. The SMILES string of the molecule is COCCCNC(=O)c1cc(C)cc(C)c1OC. The molecule has 0 fully saturated rings. The van der Waals surface area contributed by atoms with Gasteiger partial charge in [0.25, 0.3) is 5.91 Å². The first-order valence-electron chi connectivity index (χ1n) is 6.02. The maximum absolute atomic E-state index is 12.1. The molecule has 0 aliphatic carbocycles. The predicted molar refractivity (Wildman–Crippen MR) is 71.3 cm³/mol. The van der Waals surface area contributed by atoms with E-state index in [1.165, 1.54) is 0 Å². The molecule has 0 radical (unpaired) electrons. The van der Waals surface area contributed by atoms with Gasteiger partial charge in [0, 0.05) is 20.3 Å². The highest BCUT2D eigenvalue weighted by Crippen LogP contribution is 2.24. The monoisotopic (exact) mass is 251 g/mol. The van der Waals surface area contributed by atoms with E-state index in [-0.39, 0.29) is 5.91 Å². The number of carbonyl (C=O) groups is 1. The molecular formula is C14H21NO3. The minimum Gasteiger partial charge on any atom is -0.496 e. The summed E-state index contributed by atoms with van der Waals surface area (Å²) in [5.74, 6) is 0.541. The van der Waals surface area contributed by atoms with Gasteiger partial charge in [0.2, 0.25) is 0 Å². The Balaban J connectivity index is 2.78. The summed E-state index contributed by atoms with van der Waals surface area (Å²) >= 11 is 0. The van der Waals surface area contributed by atoms with Gasteiger partial charge in [-0.2, -0.15) is 0 Å². The number of hydrogen-bond donors (Lipinski definition) is 1. The molecule has 0 unspecified atom stereocenters. The summed E-state index contributed by atoms with van der Waals surface area (Å²) in [6.45, 7) is 5.15. The van der Waals surface area contributed by atoms with Gasteiger partial charge in [0.1, 0.15) is 5.75 Å². The van der Waals surface area contributed by atoms with Gasteiger partial charge < -0.3 is 14.8 Å². The molecule has 18 heavy (non-hydrogen) atoms. The zero-order valence-corrected chi connectivity index (χ0v) is 11.5. The van der Waals surface area contributed by atoms with E-state index in [1.807, 2.05) is 26.0 Å². The molecule has 0 heterocycles. The van der Waals surface area contributed by atoms with Gasteiger partial charge in [-0.3, -0.25) is 4.79 Å². The number of aryl methyl sites for hydroxylation is 2. The summed E-state index contributed by atoms with van der Waals surface area (Å²) in [6, 6.07) is 3.85. The fourth-order valence-corrected chi connectivity index (χ4v) is 1.91. The smallest absolute Gasteiger partial charge is 0.255 e. The summed E-state index contributed by atoms with van der Waals surface area (Å²) in [7, 11) is 3.23. The largest absolute Gasteiger partial charge is 0.496 e. The highest BCUT2D eigenvalue weighted by molar-refractivity contribution is 5.97. The highest BCUT2D eigenvalue weighted by atomic mass is 16.5. The van der Waals surface area contributed by atoms with Gasteiger partial charge in [-0.1, -0.05) is 6.07 Å². The fraction of sp³-hybridized carbons (Fsp3) is 0.500. The minimum atomic E-state index is -0.102. The zero-order chi connectivity index (χ0) is 13.5. The summed E-state index contributed by atoms with van der Waals surface area (Å²) in [5.41, 5.74) is 2.61. The third-order valence-electron chi connectivity index (χ3n) is 2.68. The van der Waals surface area contributed by atoms with E-state index in [0.717, 1.165) is 17.5 Å². The maximum Gasteiger partial charge on any atom is 0.255 e. The number of amides is 1. The average molecular weight is 251 g/mol. The number of rotatable bonds is 6. The third-order valence-corrected chi connectivity index (χ3v) is 2.68. The average Bonchev–Trinajstić information content (AvgIpc) is 2.33. The van der Waals surface area contributed by atoms with E-state index in [9.17, 15) is 4.79 Å². The number of hydrogen-bond acceptors (Lipinski definition) is 3. The van der Waals surface area contributed by atoms with Crippen LogP contribution in [0.3, 0.4) is 0 Å². The molecular weight excluding hydrogens is 230 g/mol. The molecule has 0 spiro atoms. The lowest BCUT2D eigenvalue weighted by atomic mass is 10.0. The lowest BCUT2D eigenvalue weighted by Crippen LogP contribution is -2.26. The van der Waals surface area contributed by atoms with Crippen molar-refractivity contribution in [1.29, 1.82) is 0 Å². The summed E-state index contributed by atoms with van der Waals surface area (Å²) in [4.78, 5) is 12.1. The van der Waals surface area contributed by atoms with E-state index in [2.05, 4.69) is 5.32 Å². The van der Waals surface area contributed by atoms with Crippen molar-refractivity contribution in [2.24, 2.45) is 0 Å². The first-order chi connectivity index (χ1) is 8.60. The molecule has 1 aromatic carbocycles. The zero-order valence-electron chi connectivity index (χ0n) is 11.5. The standard InChI is InChI=1S/C14H21NO3/c1-10-8-11(2)13(18-4)12(9-10)14(16)15-6-5-7-17-3/h8-9H,5-7H2,1-4H3,(H,15,16). The molecule has 0 aromatic heterocycles. The summed E-state index contributed by atoms with van der Waals surface area (Å²) in [6.07, 6.45) is 0.801. The Hall–Kier alpha value is -1.55. The van der Waals surface area contributed by atoms with Gasteiger partial charge in [0.05, 0.1) is 12.7 Å². The van der Waals surface area contributed by atoms with Gasteiger partial charge in [0.15, 0.2) is 0 Å². The fourth-order valence-electron chi connectivity index (χ4n) is 1.91. The Bertz CT molecular complexity index is 416. The van der Waals surface area contributed by atoms with Crippen molar-refractivity contribution in [3.63, 3.8) is 0 Å². The molecule has 0 saturated heterocycles. The molecule has 100 valence electrons. The second-order valence-corrected chi connectivity index (χ2v) is 4.26. The van der Waals surface area contributed by atoms with Crippen LogP contribution in [-0.4, -0.2) is 33.3 Å². The van der Waals surface area contributed by atoms with E-state index in [1.54, 1.807) is 14.2 Å². The van der Waals surface area contributed by atoms with Crippen LogP contribution in [0, 0.1) is 13.8 Å². The normalized spacial score (nSPS) is 10.2. The van der Waals surface area contributed by atoms with E-state index in [0.29, 0.717) is 24.5 Å². The van der Waals surface area contributed by atoms with Crippen molar-refractivity contribution < 1.29 is 14.3 Å². The number of carbonyl (C=O) groups excluding carboxylic acids is 1. The van der Waals surface area contributed by atoms with Crippen LogP contribution in [0.2, 0.25) is 0 Å². The summed E-state index contributed by atoms with van der Waals surface area (Å²) < 4.78 is 10.2. The van der Waals surface area contributed by atoms with Crippen LogP contribution in [0.4, 0.5) is 0 Å². The van der Waals surface area contributed by atoms with Crippen LogP contribution in [0.15, 0.2) is 12.1 Å². The third kappa shape index (κ3) is 3.74. The molecule has 0 atom stereocenters. The van der Waals surface area contributed by atoms with Crippen molar-refractivity contribution in [3.05, 3.63) is 28.8 Å².